The summed E-state index contributed by atoms with van der Waals surface area (Å²) in [6, 6.07) is 14.1. The lowest BCUT2D eigenvalue weighted by Gasteiger charge is -2.13. The van der Waals surface area contributed by atoms with Crippen molar-refractivity contribution in [2.45, 2.75) is 11.2 Å². The predicted octanol–water partition coefficient (Wildman–Crippen LogP) is 6.54. The molecular weight excluding hydrogens is 443 g/mol. The quantitative estimate of drug-likeness (QED) is 0.463. The van der Waals surface area contributed by atoms with E-state index in [1.54, 1.807) is 0 Å². The van der Waals surface area contributed by atoms with Crippen LogP contribution in [0, 0.1) is 0 Å². The summed E-state index contributed by atoms with van der Waals surface area (Å²) in [7, 11) is 0. The maximum absolute atomic E-state index is 6.18. The summed E-state index contributed by atoms with van der Waals surface area (Å²) in [5.41, 5.74) is 2.37. The maximum atomic E-state index is 6.18. The van der Waals surface area contributed by atoms with Crippen LogP contribution < -0.4 is 0 Å². The first-order valence-corrected chi connectivity index (χ1v) is 8.28. The molecular formula is C14H10Br3Cl. The zero-order chi connectivity index (χ0) is 13.1. The number of hydrogen-bond acceptors (Lipinski definition) is 0. The van der Waals surface area contributed by atoms with Crippen LogP contribution in [0.25, 0.3) is 0 Å². The van der Waals surface area contributed by atoms with Crippen LogP contribution in [0.5, 0.6) is 0 Å². The SMILES string of the molecule is Clc1ccccc1CC(Br)c1ccc(Br)cc1Br. The summed E-state index contributed by atoms with van der Waals surface area (Å²) in [4.78, 5) is 0.236. The van der Waals surface area contributed by atoms with Crippen molar-refractivity contribution in [1.29, 1.82) is 0 Å². The Kier molecular flexibility index (Phi) is 5.31. The van der Waals surface area contributed by atoms with Crippen molar-refractivity contribution in [3.63, 3.8) is 0 Å². The summed E-state index contributed by atoms with van der Waals surface area (Å²) in [5.74, 6) is 0. The molecule has 0 heterocycles. The second kappa shape index (κ2) is 6.56. The average molecular weight is 453 g/mol. The van der Waals surface area contributed by atoms with Gasteiger partial charge < -0.3 is 0 Å². The summed E-state index contributed by atoms with van der Waals surface area (Å²) >= 11 is 17.0. The van der Waals surface area contributed by atoms with Crippen LogP contribution in [0.1, 0.15) is 16.0 Å². The minimum atomic E-state index is 0.236. The molecule has 18 heavy (non-hydrogen) atoms. The minimum absolute atomic E-state index is 0.236. The van der Waals surface area contributed by atoms with Crippen molar-refractivity contribution in [2.24, 2.45) is 0 Å². The van der Waals surface area contributed by atoms with Crippen molar-refractivity contribution in [2.75, 3.05) is 0 Å². The summed E-state index contributed by atoms with van der Waals surface area (Å²) in [6.07, 6.45) is 0.861. The molecule has 0 aliphatic heterocycles. The number of rotatable bonds is 3. The third-order valence-electron chi connectivity index (χ3n) is 2.66. The van der Waals surface area contributed by atoms with Gasteiger partial charge in [0.05, 0.1) is 0 Å². The van der Waals surface area contributed by atoms with Crippen LogP contribution in [0.15, 0.2) is 51.4 Å². The van der Waals surface area contributed by atoms with Gasteiger partial charge in [0.1, 0.15) is 0 Å². The Bertz CT molecular complexity index is 554. The molecule has 0 N–H and O–H groups in total. The second-order valence-electron chi connectivity index (χ2n) is 3.93. The standard InChI is InChI=1S/C14H10Br3Cl/c15-10-5-6-11(13(17)8-10)12(16)7-9-3-1-2-4-14(9)18/h1-6,8,12H,7H2. The van der Waals surface area contributed by atoms with Crippen LogP contribution >= 0.6 is 59.4 Å². The number of benzene rings is 2. The van der Waals surface area contributed by atoms with E-state index in [0.717, 1.165) is 26.0 Å². The molecule has 0 nitrogen and oxygen atoms in total. The highest BCUT2D eigenvalue weighted by molar-refractivity contribution is 9.11. The summed E-state index contributed by atoms with van der Waals surface area (Å²) in [5, 5.41) is 0.815. The van der Waals surface area contributed by atoms with E-state index < -0.39 is 0 Å². The smallest absolute Gasteiger partial charge is 0.0447 e. The first kappa shape index (κ1) is 14.6. The Morgan fingerprint density at radius 1 is 1.06 bits per heavy atom. The van der Waals surface area contributed by atoms with Gasteiger partial charge in [-0.2, -0.15) is 0 Å². The molecule has 1 atom stereocenters. The topological polar surface area (TPSA) is 0 Å². The van der Waals surface area contributed by atoms with Gasteiger partial charge in [-0.1, -0.05) is 83.7 Å². The monoisotopic (exact) mass is 450 g/mol. The van der Waals surface area contributed by atoms with Gasteiger partial charge in [-0.15, -0.1) is 0 Å². The van der Waals surface area contributed by atoms with Crippen molar-refractivity contribution in [3.8, 4) is 0 Å². The van der Waals surface area contributed by atoms with E-state index in [9.17, 15) is 0 Å². The average Bonchev–Trinajstić information content (AvgIpc) is 2.32. The molecule has 94 valence electrons. The maximum Gasteiger partial charge on any atom is 0.0447 e. The van der Waals surface area contributed by atoms with Gasteiger partial charge in [0, 0.05) is 18.8 Å². The molecule has 0 saturated heterocycles. The van der Waals surface area contributed by atoms with E-state index >= 15 is 0 Å². The van der Waals surface area contributed by atoms with Gasteiger partial charge in [-0.05, 0) is 35.7 Å². The van der Waals surface area contributed by atoms with E-state index in [4.69, 9.17) is 11.6 Å². The summed E-state index contributed by atoms with van der Waals surface area (Å²) < 4.78 is 2.15. The molecule has 4 heteroatoms. The molecule has 2 aromatic rings. The van der Waals surface area contributed by atoms with E-state index in [1.807, 2.05) is 24.3 Å². The fourth-order valence-corrected chi connectivity index (χ4v) is 4.31. The Morgan fingerprint density at radius 3 is 2.44 bits per heavy atom. The lowest BCUT2D eigenvalue weighted by molar-refractivity contribution is 0.943. The highest BCUT2D eigenvalue weighted by Gasteiger charge is 2.13. The van der Waals surface area contributed by atoms with Gasteiger partial charge in [0.2, 0.25) is 0 Å². The minimum Gasteiger partial charge on any atom is -0.0840 e. The Hall–Kier alpha value is 0.170. The highest BCUT2D eigenvalue weighted by atomic mass is 79.9. The van der Waals surface area contributed by atoms with Gasteiger partial charge in [-0.3, -0.25) is 0 Å². The second-order valence-corrected chi connectivity index (χ2v) is 7.21. The predicted molar refractivity (Wildman–Crippen MR) is 88.7 cm³/mol. The van der Waals surface area contributed by atoms with Gasteiger partial charge >= 0.3 is 0 Å². The van der Waals surface area contributed by atoms with Crippen LogP contribution in [-0.2, 0) is 6.42 Å². The fraction of sp³-hybridized carbons (Fsp3) is 0.143. The molecule has 0 fully saturated rings. The molecule has 0 saturated carbocycles. The highest BCUT2D eigenvalue weighted by Crippen LogP contribution is 2.35. The fourth-order valence-electron chi connectivity index (χ4n) is 1.72. The lowest BCUT2D eigenvalue weighted by Crippen LogP contribution is -1.97. The van der Waals surface area contributed by atoms with Crippen LogP contribution in [-0.4, -0.2) is 0 Å². The van der Waals surface area contributed by atoms with Crippen molar-refractivity contribution < 1.29 is 0 Å². The van der Waals surface area contributed by atoms with Gasteiger partial charge in [0.15, 0.2) is 0 Å². The largest absolute Gasteiger partial charge is 0.0840 e. The van der Waals surface area contributed by atoms with Gasteiger partial charge in [0.25, 0.3) is 0 Å². The van der Waals surface area contributed by atoms with E-state index in [2.05, 4.69) is 66.0 Å². The first-order chi connectivity index (χ1) is 8.58. The van der Waals surface area contributed by atoms with E-state index in [0.29, 0.717) is 0 Å². The zero-order valence-electron chi connectivity index (χ0n) is 9.34. The lowest BCUT2D eigenvalue weighted by atomic mass is 10.0. The van der Waals surface area contributed by atoms with Crippen LogP contribution in [0.3, 0.4) is 0 Å². The first-order valence-electron chi connectivity index (χ1n) is 5.40. The number of alkyl halides is 1. The third-order valence-corrected chi connectivity index (χ3v) is 5.02. The molecule has 0 spiro atoms. The normalized spacial score (nSPS) is 12.4. The van der Waals surface area contributed by atoms with Crippen LogP contribution in [0.4, 0.5) is 0 Å². The van der Waals surface area contributed by atoms with E-state index in [-0.39, 0.29) is 4.83 Å². The van der Waals surface area contributed by atoms with Gasteiger partial charge in [-0.25, -0.2) is 0 Å². The number of halogens is 4. The summed E-state index contributed by atoms with van der Waals surface area (Å²) in [6.45, 7) is 0. The van der Waals surface area contributed by atoms with Crippen molar-refractivity contribution >= 4 is 59.4 Å². The third kappa shape index (κ3) is 3.60. The molecule has 0 aliphatic rings. The molecule has 0 radical (unpaired) electrons. The van der Waals surface area contributed by atoms with Crippen molar-refractivity contribution in [1.82, 2.24) is 0 Å². The molecule has 2 rings (SSSR count). The Balaban J connectivity index is 2.22. The molecule has 0 bridgehead atoms. The Labute approximate surface area is 137 Å². The van der Waals surface area contributed by atoms with E-state index in [1.165, 1.54) is 5.56 Å². The molecule has 0 aromatic heterocycles. The Morgan fingerprint density at radius 2 is 1.78 bits per heavy atom. The number of hydrogen-bond donors (Lipinski definition) is 0. The molecule has 0 aliphatic carbocycles. The van der Waals surface area contributed by atoms with Crippen LogP contribution in [0.2, 0.25) is 5.02 Å². The van der Waals surface area contributed by atoms with Crippen molar-refractivity contribution in [3.05, 3.63) is 67.6 Å². The molecule has 0 amide bonds. The zero-order valence-corrected chi connectivity index (χ0v) is 14.9. The molecule has 2 aromatic carbocycles. The molecule has 1 unspecified atom stereocenters.